The molecule has 2 rings (SSSR count). The zero-order valence-corrected chi connectivity index (χ0v) is 9.73. The summed E-state index contributed by atoms with van der Waals surface area (Å²) in [4.78, 5) is 3.36. The highest BCUT2D eigenvalue weighted by Crippen LogP contribution is 2.19. The molecule has 0 spiro atoms. The molecule has 2 N–H and O–H groups in total. The summed E-state index contributed by atoms with van der Waals surface area (Å²) in [7, 11) is 0. The Morgan fingerprint density at radius 2 is 2.13 bits per heavy atom. The van der Waals surface area contributed by atoms with Crippen LogP contribution in [-0.4, -0.2) is 11.0 Å². The monoisotopic (exact) mass is 222 g/mol. The van der Waals surface area contributed by atoms with E-state index >= 15 is 0 Å². The predicted molar refractivity (Wildman–Crippen MR) is 65.3 cm³/mol. The molecule has 0 radical (unpaired) electrons. The van der Waals surface area contributed by atoms with Crippen LogP contribution in [0.4, 0.5) is 0 Å². The number of rotatable bonds is 3. The van der Waals surface area contributed by atoms with Gasteiger partial charge in [-0.2, -0.15) is 0 Å². The van der Waals surface area contributed by atoms with Crippen LogP contribution in [0.25, 0.3) is 10.9 Å². The fourth-order valence-electron chi connectivity index (χ4n) is 1.57. The van der Waals surface area contributed by atoms with Gasteiger partial charge in [-0.25, -0.2) is 0 Å². The number of hydrogen-bond donors (Lipinski definition) is 2. The Labute approximate surface area is 94.6 Å². The molecule has 0 aliphatic rings. The first-order valence-electron chi connectivity index (χ1n) is 5.15. The van der Waals surface area contributed by atoms with Gasteiger partial charge in [-0.3, -0.25) is 0 Å². The molecule has 2 nitrogen and oxygen atoms in total. The number of benzene rings is 1. The zero-order chi connectivity index (χ0) is 10.8. The van der Waals surface area contributed by atoms with E-state index in [0.29, 0.717) is 6.04 Å². The summed E-state index contributed by atoms with van der Waals surface area (Å²) in [6, 6.07) is 8.53. The van der Waals surface area contributed by atoms with Crippen molar-refractivity contribution in [3.05, 3.63) is 35.0 Å². The number of H-pyrrole nitrogens is 1. The lowest BCUT2D eigenvalue weighted by Gasteiger charge is -2.05. The maximum Gasteiger partial charge on any atom is 0.0457 e. The minimum atomic E-state index is 0.500. The van der Waals surface area contributed by atoms with E-state index in [1.165, 1.54) is 11.1 Å². The first kappa shape index (κ1) is 10.5. The molecule has 0 saturated carbocycles. The first-order valence-corrected chi connectivity index (χ1v) is 5.53. The van der Waals surface area contributed by atoms with Gasteiger partial charge in [-0.15, -0.1) is 0 Å². The van der Waals surface area contributed by atoms with Gasteiger partial charge in [0.05, 0.1) is 0 Å². The highest BCUT2D eigenvalue weighted by Gasteiger charge is 2.01. The van der Waals surface area contributed by atoms with E-state index in [1.807, 2.05) is 18.2 Å². The van der Waals surface area contributed by atoms with Gasteiger partial charge >= 0.3 is 0 Å². The van der Waals surface area contributed by atoms with E-state index < -0.39 is 0 Å². The molecule has 1 aromatic heterocycles. The molecule has 0 aliphatic carbocycles. The van der Waals surface area contributed by atoms with Crippen LogP contribution < -0.4 is 5.32 Å². The average molecular weight is 223 g/mol. The van der Waals surface area contributed by atoms with Gasteiger partial charge in [-0.05, 0) is 24.3 Å². The molecule has 0 amide bonds. The van der Waals surface area contributed by atoms with E-state index in [-0.39, 0.29) is 0 Å². The topological polar surface area (TPSA) is 27.8 Å². The fraction of sp³-hybridized carbons (Fsp3) is 0.333. The Hall–Kier alpha value is -0.990. The summed E-state index contributed by atoms with van der Waals surface area (Å²) in [5.74, 6) is 0. The van der Waals surface area contributed by atoms with E-state index in [2.05, 4.69) is 30.2 Å². The van der Waals surface area contributed by atoms with Gasteiger partial charge < -0.3 is 10.3 Å². The van der Waals surface area contributed by atoms with Crippen molar-refractivity contribution in [2.45, 2.75) is 26.4 Å². The molecule has 0 aliphatic heterocycles. The number of halogens is 1. The van der Waals surface area contributed by atoms with Crippen molar-refractivity contribution in [3.63, 3.8) is 0 Å². The Morgan fingerprint density at radius 3 is 2.87 bits per heavy atom. The van der Waals surface area contributed by atoms with E-state index in [0.717, 1.165) is 17.1 Å². The van der Waals surface area contributed by atoms with Crippen molar-refractivity contribution >= 4 is 22.5 Å². The highest BCUT2D eigenvalue weighted by molar-refractivity contribution is 6.31. The van der Waals surface area contributed by atoms with Gasteiger partial charge in [0.15, 0.2) is 0 Å². The lowest BCUT2D eigenvalue weighted by atomic mass is 10.2. The molecular weight excluding hydrogens is 208 g/mol. The summed E-state index contributed by atoms with van der Waals surface area (Å²) in [5, 5.41) is 5.32. The van der Waals surface area contributed by atoms with Crippen molar-refractivity contribution in [1.82, 2.24) is 10.3 Å². The lowest BCUT2D eigenvalue weighted by molar-refractivity contribution is 0.583. The van der Waals surface area contributed by atoms with Crippen LogP contribution in [-0.2, 0) is 6.54 Å². The Balaban J connectivity index is 2.23. The first-order chi connectivity index (χ1) is 7.15. The molecule has 2 aromatic rings. The van der Waals surface area contributed by atoms with Gasteiger partial charge in [0.2, 0.25) is 0 Å². The molecule has 15 heavy (non-hydrogen) atoms. The van der Waals surface area contributed by atoms with E-state index in [9.17, 15) is 0 Å². The zero-order valence-electron chi connectivity index (χ0n) is 8.97. The standard InChI is InChI=1S/C12H15ClN2/c1-8(2)14-7-11-6-9-5-10(13)3-4-12(9)15-11/h3-6,8,14-15H,7H2,1-2H3. The van der Waals surface area contributed by atoms with Crippen LogP contribution in [0, 0.1) is 0 Å². The fourth-order valence-corrected chi connectivity index (χ4v) is 1.75. The predicted octanol–water partition coefficient (Wildman–Crippen LogP) is 3.32. The molecule has 1 heterocycles. The lowest BCUT2D eigenvalue weighted by Crippen LogP contribution is -2.21. The molecule has 0 saturated heterocycles. The normalized spacial score (nSPS) is 11.5. The summed E-state index contributed by atoms with van der Waals surface area (Å²) < 4.78 is 0. The van der Waals surface area contributed by atoms with Crippen LogP contribution in [0.5, 0.6) is 0 Å². The molecule has 1 aromatic carbocycles. The van der Waals surface area contributed by atoms with Crippen LogP contribution >= 0.6 is 11.6 Å². The molecule has 0 atom stereocenters. The van der Waals surface area contributed by atoms with Gasteiger partial charge in [0.1, 0.15) is 0 Å². The SMILES string of the molecule is CC(C)NCc1cc2cc(Cl)ccc2[nH]1. The molecule has 3 heteroatoms. The second kappa shape index (κ2) is 4.25. The summed E-state index contributed by atoms with van der Waals surface area (Å²) >= 11 is 5.93. The van der Waals surface area contributed by atoms with Crippen LogP contribution in [0.2, 0.25) is 5.02 Å². The quantitative estimate of drug-likeness (QED) is 0.819. The number of aromatic nitrogens is 1. The van der Waals surface area contributed by atoms with Crippen molar-refractivity contribution < 1.29 is 0 Å². The maximum absolute atomic E-state index is 5.93. The van der Waals surface area contributed by atoms with E-state index in [1.54, 1.807) is 0 Å². The molecule has 0 bridgehead atoms. The summed E-state index contributed by atoms with van der Waals surface area (Å²) in [6.07, 6.45) is 0. The highest BCUT2D eigenvalue weighted by atomic mass is 35.5. The van der Waals surface area contributed by atoms with Gasteiger partial charge in [-0.1, -0.05) is 25.4 Å². The smallest absolute Gasteiger partial charge is 0.0457 e. The Kier molecular flexibility index (Phi) is 2.98. The van der Waals surface area contributed by atoms with Crippen molar-refractivity contribution in [3.8, 4) is 0 Å². The number of nitrogens with one attached hydrogen (secondary N) is 2. The molecular formula is C12H15ClN2. The molecule has 80 valence electrons. The van der Waals surface area contributed by atoms with E-state index in [4.69, 9.17) is 11.6 Å². The van der Waals surface area contributed by atoms with Crippen molar-refractivity contribution in [1.29, 1.82) is 0 Å². The minimum Gasteiger partial charge on any atom is -0.357 e. The average Bonchev–Trinajstić information content (AvgIpc) is 2.56. The van der Waals surface area contributed by atoms with Gasteiger partial charge in [0.25, 0.3) is 0 Å². The van der Waals surface area contributed by atoms with Crippen LogP contribution in [0.15, 0.2) is 24.3 Å². The second-order valence-electron chi connectivity index (χ2n) is 4.06. The van der Waals surface area contributed by atoms with Crippen molar-refractivity contribution in [2.75, 3.05) is 0 Å². The number of fused-ring (bicyclic) bond motifs is 1. The third-order valence-corrected chi connectivity index (χ3v) is 2.57. The third kappa shape index (κ3) is 2.52. The Morgan fingerprint density at radius 1 is 1.33 bits per heavy atom. The Bertz CT molecular complexity index is 460. The van der Waals surface area contributed by atoms with Crippen LogP contribution in [0.3, 0.4) is 0 Å². The van der Waals surface area contributed by atoms with Gasteiger partial charge in [0, 0.05) is 34.2 Å². The molecule has 0 fully saturated rings. The van der Waals surface area contributed by atoms with Crippen molar-refractivity contribution in [2.24, 2.45) is 0 Å². The summed E-state index contributed by atoms with van der Waals surface area (Å²) in [5.41, 5.74) is 2.33. The largest absolute Gasteiger partial charge is 0.357 e. The second-order valence-corrected chi connectivity index (χ2v) is 4.50. The third-order valence-electron chi connectivity index (χ3n) is 2.34. The summed E-state index contributed by atoms with van der Waals surface area (Å²) in [6.45, 7) is 5.14. The molecule has 0 unspecified atom stereocenters. The number of aromatic amines is 1. The number of hydrogen-bond acceptors (Lipinski definition) is 1. The minimum absolute atomic E-state index is 0.500. The van der Waals surface area contributed by atoms with Crippen LogP contribution in [0.1, 0.15) is 19.5 Å². The maximum atomic E-state index is 5.93.